The van der Waals surface area contributed by atoms with Crippen LogP contribution in [0.3, 0.4) is 0 Å². The first-order chi connectivity index (χ1) is 8.06. The van der Waals surface area contributed by atoms with Crippen molar-refractivity contribution in [2.24, 2.45) is 5.92 Å². The van der Waals surface area contributed by atoms with Crippen molar-refractivity contribution in [3.05, 3.63) is 0 Å². The Labute approximate surface area is 104 Å². The molecule has 1 heterocycles. The number of esters is 1. The topological polar surface area (TPSA) is 41.6 Å². The molecule has 0 radical (unpaired) electrons. The van der Waals surface area contributed by atoms with Crippen LogP contribution in [0.15, 0.2) is 0 Å². The van der Waals surface area contributed by atoms with Gasteiger partial charge in [-0.15, -0.1) is 0 Å². The summed E-state index contributed by atoms with van der Waals surface area (Å²) in [5.41, 5.74) is 0. The summed E-state index contributed by atoms with van der Waals surface area (Å²) in [6.45, 7) is 5.77. The Morgan fingerprint density at radius 2 is 2.06 bits per heavy atom. The molecule has 0 aromatic carbocycles. The molecular weight excluding hydrogens is 216 g/mol. The highest BCUT2D eigenvalue weighted by Gasteiger charge is 2.34. The maximum Gasteiger partial charge on any atom is 0.308 e. The Balaban J connectivity index is 1.89. The molecule has 0 bridgehead atoms. The molecule has 0 aromatic rings. The van der Waals surface area contributed by atoms with E-state index in [1.165, 1.54) is 12.8 Å². The average molecular weight is 240 g/mol. The lowest BCUT2D eigenvalue weighted by Gasteiger charge is -2.37. The Morgan fingerprint density at radius 1 is 1.35 bits per heavy atom. The van der Waals surface area contributed by atoms with E-state index in [2.05, 4.69) is 17.3 Å². The van der Waals surface area contributed by atoms with E-state index in [-0.39, 0.29) is 18.0 Å². The SMILES string of the molecule is CC(C)C(=O)OC1CCN(C)CC1NC1CC1. The number of ether oxygens (including phenoxy) is 1. The molecule has 1 aliphatic carbocycles. The lowest BCUT2D eigenvalue weighted by atomic mass is 10.0. The van der Waals surface area contributed by atoms with E-state index in [1.807, 2.05) is 13.8 Å². The van der Waals surface area contributed by atoms with E-state index < -0.39 is 0 Å². The third-order valence-electron chi connectivity index (χ3n) is 3.52. The summed E-state index contributed by atoms with van der Waals surface area (Å²) in [5.74, 6) is -0.0987. The average Bonchev–Trinajstić information content (AvgIpc) is 3.05. The predicted molar refractivity (Wildman–Crippen MR) is 66.8 cm³/mol. The number of nitrogens with zero attached hydrogens (tertiary/aromatic N) is 1. The third-order valence-corrected chi connectivity index (χ3v) is 3.52. The van der Waals surface area contributed by atoms with Gasteiger partial charge < -0.3 is 15.0 Å². The lowest BCUT2D eigenvalue weighted by Crippen LogP contribution is -2.54. The minimum absolute atomic E-state index is 0.0313. The van der Waals surface area contributed by atoms with E-state index in [0.717, 1.165) is 19.5 Å². The Hall–Kier alpha value is -0.610. The highest BCUT2D eigenvalue weighted by molar-refractivity contribution is 5.71. The first-order valence-corrected chi connectivity index (χ1v) is 6.71. The second kappa shape index (κ2) is 5.36. The van der Waals surface area contributed by atoms with Crippen molar-refractivity contribution in [3.8, 4) is 0 Å². The zero-order chi connectivity index (χ0) is 12.4. The first-order valence-electron chi connectivity index (χ1n) is 6.71. The number of nitrogens with one attached hydrogen (secondary N) is 1. The number of piperidine rings is 1. The Morgan fingerprint density at radius 3 is 2.65 bits per heavy atom. The zero-order valence-corrected chi connectivity index (χ0v) is 11.1. The van der Waals surface area contributed by atoms with Gasteiger partial charge >= 0.3 is 5.97 Å². The van der Waals surface area contributed by atoms with Gasteiger partial charge in [-0.25, -0.2) is 0 Å². The number of likely N-dealkylation sites (N-methyl/N-ethyl adjacent to an activating group) is 1. The van der Waals surface area contributed by atoms with Gasteiger partial charge in [0.25, 0.3) is 0 Å². The fraction of sp³-hybridized carbons (Fsp3) is 0.923. The van der Waals surface area contributed by atoms with Crippen LogP contribution in [0.25, 0.3) is 0 Å². The summed E-state index contributed by atoms with van der Waals surface area (Å²) < 4.78 is 5.61. The molecule has 1 saturated heterocycles. The largest absolute Gasteiger partial charge is 0.460 e. The van der Waals surface area contributed by atoms with Crippen LogP contribution in [0.1, 0.15) is 33.1 Å². The van der Waals surface area contributed by atoms with E-state index >= 15 is 0 Å². The number of likely N-dealkylation sites (tertiary alicyclic amines) is 1. The van der Waals surface area contributed by atoms with Crippen molar-refractivity contribution in [1.29, 1.82) is 0 Å². The predicted octanol–water partition coefficient (Wildman–Crippen LogP) is 1.01. The van der Waals surface area contributed by atoms with Crippen LogP contribution in [0.2, 0.25) is 0 Å². The van der Waals surface area contributed by atoms with Crippen molar-refractivity contribution in [2.45, 2.75) is 51.3 Å². The summed E-state index contributed by atoms with van der Waals surface area (Å²) in [4.78, 5) is 14.0. The zero-order valence-electron chi connectivity index (χ0n) is 11.1. The molecule has 2 fully saturated rings. The van der Waals surface area contributed by atoms with E-state index in [1.54, 1.807) is 0 Å². The number of rotatable bonds is 4. The summed E-state index contributed by atoms with van der Waals surface area (Å²) in [5, 5.41) is 3.60. The fourth-order valence-electron chi connectivity index (χ4n) is 2.23. The quantitative estimate of drug-likeness (QED) is 0.745. The number of hydrogen-bond donors (Lipinski definition) is 1. The van der Waals surface area contributed by atoms with E-state index in [0.29, 0.717) is 12.1 Å². The monoisotopic (exact) mass is 240 g/mol. The summed E-state index contributed by atoms with van der Waals surface area (Å²) in [7, 11) is 2.13. The van der Waals surface area contributed by atoms with Crippen molar-refractivity contribution in [2.75, 3.05) is 20.1 Å². The van der Waals surface area contributed by atoms with Gasteiger partial charge in [0.15, 0.2) is 0 Å². The van der Waals surface area contributed by atoms with Gasteiger partial charge in [0, 0.05) is 19.1 Å². The van der Waals surface area contributed by atoms with Crippen molar-refractivity contribution in [3.63, 3.8) is 0 Å². The number of carbonyl (C=O) groups excluding carboxylic acids is 1. The van der Waals surface area contributed by atoms with Crippen LogP contribution < -0.4 is 5.32 Å². The maximum absolute atomic E-state index is 11.7. The molecule has 98 valence electrons. The third kappa shape index (κ3) is 3.68. The molecule has 0 amide bonds. The summed E-state index contributed by atoms with van der Waals surface area (Å²) in [6.07, 6.45) is 3.54. The number of hydrogen-bond acceptors (Lipinski definition) is 4. The minimum Gasteiger partial charge on any atom is -0.460 e. The van der Waals surface area contributed by atoms with Crippen LogP contribution in [0.5, 0.6) is 0 Å². The second-order valence-electron chi connectivity index (χ2n) is 5.73. The van der Waals surface area contributed by atoms with Crippen molar-refractivity contribution in [1.82, 2.24) is 10.2 Å². The summed E-state index contributed by atoms with van der Waals surface area (Å²) >= 11 is 0. The highest BCUT2D eigenvalue weighted by Crippen LogP contribution is 2.23. The van der Waals surface area contributed by atoms with Gasteiger partial charge in [-0.3, -0.25) is 4.79 Å². The van der Waals surface area contributed by atoms with Crippen molar-refractivity contribution >= 4 is 5.97 Å². The van der Waals surface area contributed by atoms with Crippen LogP contribution in [0, 0.1) is 5.92 Å². The van der Waals surface area contributed by atoms with Crippen LogP contribution in [0.4, 0.5) is 0 Å². The Kier molecular flexibility index (Phi) is 4.05. The highest BCUT2D eigenvalue weighted by atomic mass is 16.5. The molecular formula is C13H24N2O2. The first kappa shape index (κ1) is 12.8. The van der Waals surface area contributed by atoms with Gasteiger partial charge in [0.05, 0.1) is 12.0 Å². The smallest absolute Gasteiger partial charge is 0.308 e. The van der Waals surface area contributed by atoms with Gasteiger partial charge in [-0.05, 0) is 26.3 Å². The van der Waals surface area contributed by atoms with Crippen molar-refractivity contribution < 1.29 is 9.53 Å². The van der Waals surface area contributed by atoms with Crippen LogP contribution in [-0.2, 0) is 9.53 Å². The summed E-state index contributed by atoms with van der Waals surface area (Å²) in [6, 6.07) is 0.968. The Bertz CT molecular complexity index is 275. The molecule has 2 unspecified atom stereocenters. The van der Waals surface area contributed by atoms with Gasteiger partial charge in [-0.2, -0.15) is 0 Å². The van der Waals surface area contributed by atoms with Gasteiger partial charge in [0.2, 0.25) is 0 Å². The molecule has 2 aliphatic rings. The van der Waals surface area contributed by atoms with E-state index in [9.17, 15) is 4.79 Å². The molecule has 17 heavy (non-hydrogen) atoms. The fourth-order valence-corrected chi connectivity index (χ4v) is 2.23. The molecule has 4 heteroatoms. The molecule has 0 aromatic heterocycles. The standard InChI is InChI=1S/C13H24N2O2/c1-9(2)13(16)17-12-6-7-15(3)8-11(12)14-10-4-5-10/h9-12,14H,4-8H2,1-3H3. The molecule has 1 N–H and O–H groups in total. The van der Waals surface area contributed by atoms with Gasteiger partial charge in [-0.1, -0.05) is 13.8 Å². The van der Waals surface area contributed by atoms with Crippen LogP contribution >= 0.6 is 0 Å². The molecule has 2 atom stereocenters. The molecule has 2 rings (SSSR count). The normalized spacial score (nSPS) is 30.6. The maximum atomic E-state index is 11.7. The molecule has 1 saturated carbocycles. The van der Waals surface area contributed by atoms with Gasteiger partial charge in [0.1, 0.15) is 6.10 Å². The van der Waals surface area contributed by atoms with Crippen LogP contribution in [-0.4, -0.2) is 49.2 Å². The number of carbonyl (C=O) groups is 1. The molecule has 4 nitrogen and oxygen atoms in total. The second-order valence-corrected chi connectivity index (χ2v) is 5.73. The molecule has 1 aliphatic heterocycles. The minimum atomic E-state index is -0.0675. The van der Waals surface area contributed by atoms with E-state index in [4.69, 9.17) is 4.74 Å². The molecule has 0 spiro atoms. The lowest BCUT2D eigenvalue weighted by molar-refractivity contribution is -0.156.